The zero-order valence-electron chi connectivity index (χ0n) is 13.0. The topological polar surface area (TPSA) is 81.1 Å². The highest BCUT2D eigenvalue weighted by Gasteiger charge is 2.19. The van der Waals surface area contributed by atoms with E-state index >= 15 is 0 Å². The smallest absolute Gasteiger partial charge is 0.239 e. The lowest BCUT2D eigenvalue weighted by atomic mass is 10.3. The summed E-state index contributed by atoms with van der Waals surface area (Å²) in [7, 11) is -3.72. The molecule has 0 aliphatic carbocycles. The number of aromatic nitrogens is 2. The molecule has 1 amide bonds. The number of nitrogens with one attached hydrogen (secondary N) is 1. The van der Waals surface area contributed by atoms with Crippen molar-refractivity contribution in [2.24, 2.45) is 0 Å². The lowest BCUT2D eigenvalue weighted by Gasteiger charge is -2.08. The summed E-state index contributed by atoms with van der Waals surface area (Å²) in [5, 5.41) is 3.01. The van der Waals surface area contributed by atoms with E-state index in [-0.39, 0.29) is 4.90 Å². The monoisotopic (exact) mass is 375 g/mol. The lowest BCUT2D eigenvalue weighted by Crippen LogP contribution is -2.23. The van der Waals surface area contributed by atoms with Crippen LogP contribution in [0.5, 0.6) is 0 Å². The minimum absolute atomic E-state index is 0.0579. The van der Waals surface area contributed by atoms with E-state index in [1.165, 1.54) is 24.3 Å². The average Bonchev–Trinajstić information content (AvgIpc) is 3.10. The van der Waals surface area contributed by atoms with Crippen LogP contribution in [0.15, 0.2) is 72.1 Å². The molecular weight excluding hydrogens is 362 g/mol. The standard InChI is InChI=1S/C17H14ClN3O3S/c18-13-1-7-16(8-2-13)25(23,24)11-17(22)20-14-3-5-15(6-4-14)21-10-9-19-12-21/h1-10,12H,11H2,(H,20,22). The summed E-state index contributed by atoms with van der Waals surface area (Å²) in [4.78, 5) is 16.1. The summed E-state index contributed by atoms with van der Waals surface area (Å²) in [6.07, 6.45) is 5.12. The summed E-state index contributed by atoms with van der Waals surface area (Å²) >= 11 is 5.74. The van der Waals surface area contributed by atoms with Crippen molar-refractivity contribution < 1.29 is 13.2 Å². The molecule has 0 atom stereocenters. The van der Waals surface area contributed by atoms with Crippen molar-refractivity contribution in [3.8, 4) is 5.69 Å². The van der Waals surface area contributed by atoms with Gasteiger partial charge in [-0.15, -0.1) is 0 Å². The van der Waals surface area contributed by atoms with Crippen LogP contribution in [0, 0.1) is 0 Å². The zero-order chi connectivity index (χ0) is 17.9. The molecule has 3 aromatic rings. The number of sulfone groups is 1. The quantitative estimate of drug-likeness (QED) is 0.743. The molecule has 0 saturated heterocycles. The van der Waals surface area contributed by atoms with Crippen LogP contribution in [0.4, 0.5) is 5.69 Å². The van der Waals surface area contributed by atoms with Gasteiger partial charge in [0.2, 0.25) is 5.91 Å². The molecule has 0 fully saturated rings. The number of amides is 1. The number of carbonyl (C=O) groups is 1. The van der Waals surface area contributed by atoms with Gasteiger partial charge in [-0.2, -0.15) is 0 Å². The van der Waals surface area contributed by atoms with Crippen molar-refractivity contribution in [3.05, 3.63) is 72.3 Å². The van der Waals surface area contributed by atoms with E-state index in [0.717, 1.165) is 5.69 Å². The number of hydrogen-bond donors (Lipinski definition) is 1. The zero-order valence-corrected chi connectivity index (χ0v) is 14.5. The third kappa shape index (κ3) is 4.26. The number of imidazole rings is 1. The Bertz CT molecular complexity index is 967. The summed E-state index contributed by atoms with van der Waals surface area (Å²) in [6, 6.07) is 12.7. The molecule has 128 valence electrons. The van der Waals surface area contributed by atoms with Crippen LogP contribution < -0.4 is 5.32 Å². The maximum absolute atomic E-state index is 12.2. The Kier molecular flexibility index (Phi) is 4.87. The molecule has 25 heavy (non-hydrogen) atoms. The normalized spacial score (nSPS) is 11.2. The van der Waals surface area contributed by atoms with E-state index in [1.807, 2.05) is 4.57 Å². The molecule has 1 aromatic heterocycles. The average molecular weight is 376 g/mol. The van der Waals surface area contributed by atoms with Gasteiger partial charge in [0.15, 0.2) is 9.84 Å². The van der Waals surface area contributed by atoms with Gasteiger partial charge in [-0.3, -0.25) is 4.79 Å². The van der Waals surface area contributed by atoms with Crippen molar-refractivity contribution in [1.29, 1.82) is 0 Å². The Hall–Kier alpha value is -2.64. The third-order valence-electron chi connectivity index (χ3n) is 3.45. The molecule has 0 bridgehead atoms. The number of carbonyl (C=O) groups excluding carboxylic acids is 1. The highest BCUT2D eigenvalue weighted by Crippen LogP contribution is 2.17. The van der Waals surface area contributed by atoms with Crippen LogP contribution >= 0.6 is 11.6 Å². The third-order valence-corrected chi connectivity index (χ3v) is 5.33. The number of hydrogen-bond acceptors (Lipinski definition) is 4. The SMILES string of the molecule is O=C(CS(=O)(=O)c1ccc(Cl)cc1)Nc1ccc(-n2ccnc2)cc1. The molecule has 3 rings (SSSR count). The molecule has 0 aliphatic rings. The second-order valence-corrected chi connectivity index (χ2v) is 7.70. The van der Waals surface area contributed by atoms with Gasteiger partial charge in [0.05, 0.1) is 11.2 Å². The minimum atomic E-state index is -3.72. The van der Waals surface area contributed by atoms with E-state index < -0.39 is 21.5 Å². The highest BCUT2D eigenvalue weighted by atomic mass is 35.5. The Morgan fingerprint density at radius 1 is 1.08 bits per heavy atom. The lowest BCUT2D eigenvalue weighted by molar-refractivity contribution is -0.113. The Balaban J connectivity index is 1.67. The Morgan fingerprint density at radius 2 is 1.76 bits per heavy atom. The Labute approximate surface area is 150 Å². The molecule has 0 unspecified atom stereocenters. The minimum Gasteiger partial charge on any atom is -0.325 e. The number of anilines is 1. The molecule has 8 heteroatoms. The van der Waals surface area contributed by atoms with Gasteiger partial charge in [0.25, 0.3) is 0 Å². The first kappa shape index (κ1) is 17.2. The first-order chi connectivity index (χ1) is 11.9. The van der Waals surface area contributed by atoms with Crippen LogP contribution in [0.3, 0.4) is 0 Å². The number of rotatable bonds is 5. The highest BCUT2D eigenvalue weighted by molar-refractivity contribution is 7.92. The van der Waals surface area contributed by atoms with Crippen LogP contribution in [-0.2, 0) is 14.6 Å². The second-order valence-electron chi connectivity index (χ2n) is 5.28. The summed E-state index contributed by atoms with van der Waals surface area (Å²) < 4.78 is 26.3. The molecule has 0 radical (unpaired) electrons. The van der Waals surface area contributed by atoms with Gasteiger partial charge < -0.3 is 9.88 Å². The van der Waals surface area contributed by atoms with Gasteiger partial charge in [0, 0.05) is 28.8 Å². The van der Waals surface area contributed by atoms with Crippen LogP contribution in [0.1, 0.15) is 0 Å². The molecule has 1 heterocycles. The first-order valence-corrected chi connectivity index (χ1v) is 9.34. The fourth-order valence-corrected chi connectivity index (χ4v) is 3.48. The molecule has 0 spiro atoms. The van der Waals surface area contributed by atoms with Crippen LogP contribution in [0.25, 0.3) is 5.69 Å². The van der Waals surface area contributed by atoms with E-state index in [9.17, 15) is 13.2 Å². The summed E-state index contributed by atoms with van der Waals surface area (Å²) in [5.41, 5.74) is 1.39. The van der Waals surface area contributed by atoms with Crippen molar-refractivity contribution in [2.75, 3.05) is 11.1 Å². The molecular formula is C17H14ClN3O3S. The number of halogens is 1. The second kappa shape index (κ2) is 7.08. The molecule has 2 aromatic carbocycles. The van der Waals surface area contributed by atoms with E-state index in [1.54, 1.807) is 43.0 Å². The first-order valence-electron chi connectivity index (χ1n) is 7.31. The predicted molar refractivity (Wildman–Crippen MR) is 95.7 cm³/mol. The molecule has 6 nitrogen and oxygen atoms in total. The molecule has 0 aliphatic heterocycles. The largest absolute Gasteiger partial charge is 0.325 e. The summed E-state index contributed by atoms with van der Waals surface area (Å²) in [6.45, 7) is 0. The van der Waals surface area contributed by atoms with E-state index in [0.29, 0.717) is 10.7 Å². The predicted octanol–water partition coefficient (Wildman–Crippen LogP) is 2.94. The number of nitrogens with zero attached hydrogens (tertiary/aromatic N) is 2. The van der Waals surface area contributed by atoms with Crippen molar-refractivity contribution in [1.82, 2.24) is 9.55 Å². The van der Waals surface area contributed by atoms with Crippen molar-refractivity contribution >= 4 is 33.0 Å². The fourth-order valence-electron chi connectivity index (χ4n) is 2.22. The van der Waals surface area contributed by atoms with Crippen LogP contribution in [-0.4, -0.2) is 29.6 Å². The Morgan fingerprint density at radius 3 is 2.36 bits per heavy atom. The van der Waals surface area contributed by atoms with Gasteiger partial charge >= 0.3 is 0 Å². The molecule has 0 saturated carbocycles. The summed E-state index contributed by atoms with van der Waals surface area (Å²) in [5.74, 6) is -1.25. The van der Waals surface area contributed by atoms with Gasteiger partial charge in [-0.05, 0) is 48.5 Å². The van der Waals surface area contributed by atoms with Gasteiger partial charge in [-0.1, -0.05) is 11.6 Å². The van der Waals surface area contributed by atoms with Crippen molar-refractivity contribution in [2.45, 2.75) is 4.90 Å². The maximum Gasteiger partial charge on any atom is 0.239 e. The number of benzene rings is 2. The van der Waals surface area contributed by atoms with Gasteiger partial charge in [-0.25, -0.2) is 13.4 Å². The fraction of sp³-hybridized carbons (Fsp3) is 0.0588. The van der Waals surface area contributed by atoms with E-state index in [4.69, 9.17) is 11.6 Å². The molecule has 1 N–H and O–H groups in total. The van der Waals surface area contributed by atoms with E-state index in [2.05, 4.69) is 10.3 Å². The van der Waals surface area contributed by atoms with Crippen LogP contribution in [0.2, 0.25) is 5.02 Å². The van der Waals surface area contributed by atoms with Gasteiger partial charge in [0.1, 0.15) is 5.75 Å². The maximum atomic E-state index is 12.2. The van der Waals surface area contributed by atoms with Crippen molar-refractivity contribution in [3.63, 3.8) is 0 Å².